The molecule has 2 aromatic rings. The zero-order chi connectivity index (χ0) is 17.2. The van der Waals surface area contributed by atoms with E-state index in [0.29, 0.717) is 48.6 Å². The van der Waals surface area contributed by atoms with Gasteiger partial charge in [-0.25, -0.2) is 4.98 Å². The molecule has 2 aromatic heterocycles. The number of ether oxygens (including phenoxy) is 1. The van der Waals surface area contributed by atoms with Crippen LogP contribution in [0.4, 0.5) is 0 Å². The third-order valence-electron chi connectivity index (χ3n) is 4.75. The van der Waals surface area contributed by atoms with Gasteiger partial charge in [0.15, 0.2) is 5.82 Å². The van der Waals surface area contributed by atoms with E-state index in [9.17, 15) is 4.79 Å². The van der Waals surface area contributed by atoms with Crippen LogP contribution in [0.3, 0.4) is 0 Å². The maximum atomic E-state index is 12.9. The van der Waals surface area contributed by atoms with Crippen LogP contribution in [0.2, 0.25) is 0 Å². The molecule has 132 valence electrons. The number of carbonyl (C=O) groups excluding carboxylic acids is 1. The molecule has 1 aliphatic heterocycles. The highest BCUT2D eigenvalue weighted by Gasteiger charge is 2.34. The van der Waals surface area contributed by atoms with Crippen molar-refractivity contribution in [2.75, 3.05) is 13.2 Å². The van der Waals surface area contributed by atoms with Gasteiger partial charge in [0, 0.05) is 25.2 Å². The molecule has 25 heavy (non-hydrogen) atoms. The van der Waals surface area contributed by atoms with E-state index in [4.69, 9.17) is 9.26 Å². The first-order chi connectivity index (χ1) is 12.2. The summed E-state index contributed by atoms with van der Waals surface area (Å²) in [6.07, 6.45) is 6.55. The van der Waals surface area contributed by atoms with Gasteiger partial charge in [-0.2, -0.15) is 4.98 Å². The lowest BCUT2D eigenvalue weighted by Gasteiger charge is -2.22. The molecule has 1 atom stereocenters. The summed E-state index contributed by atoms with van der Waals surface area (Å²) in [4.78, 5) is 23.3. The van der Waals surface area contributed by atoms with Gasteiger partial charge in [-0.1, -0.05) is 12.1 Å². The van der Waals surface area contributed by atoms with E-state index in [2.05, 4.69) is 15.1 Å². The van der Waals surface area contributed by atoms with Gasteiger partial charge < -0.3 is 14.2 Å². The number of pyridine rings is 1. The number of nitrogens with zero attached hydrogens (tertiary/aromatic N) is 4. The van der Waals surface area contributed by atoms with Gasteiger partial charge in [0.05, 0.1) is 18.2 Å². The van der Waals surface area contributed by atoms with E-state index in [1.807, 2.05) is 11.8 Å². The number of likely N-dealkylation sites (tertiary alicyclic amines) is 1. The second-order valence-corrected chi connectivity index (χ2v) is 6.70. The molecular formula is C18H22N4O3. The molecule has 7 heteroatoms. The van der Waals surface area contributed by atoms with Gasteiger partial charge in [-0.15, -0.1) is 0 Å². The van der Waals surface area contributed by atoms with Gasteiger partial charge >= 0.3 is 0 Å². The summed E-state index contributed by atoms with van der Waals surface area (Å²) in [5, 5.41) is 4.04. The molecular weight excluding hydrogens is 320 g/mol. The Balaban J connectivity index is 1.45. The molecule has 0 unspecified atom stereocenters. The maximum absolute atomic E-state index is 12.9. The molecule has 0 N–H and O–H groups in total. The van der Waals surface area contributed by atoms with Crippen LogP contribution in [0.1, 0.15) is 60.7 Å². The van der Waals surface area contributed by atoms with E-state index in [0.717, 1.165) is 12.8 Å². The summed E-state index contributed by atoms with van der Waals surface area (Å²) in [7, 11) is 0. The highest BCUT2D eigenvalue weighted by molar-refractivity contribution is 5.94. The summed E-state index contributed by atoms with van der Waals surface area (Å²) >= 11 is 0. The topological polar surface area (TPSA) is 81.4 Å². The Morgan fingerprint density at radius 3 is 2.92 bits per heavy atom. The fourth-order valence-electron chi connectivity index (χ4n) is 3.07. The van der Waals surface area contributed by atoms with Crippen molar-refractivity contribution in [2.45, 2.75) is 45.1 Å². The third kappa shape index (κ3) is 3.50. The predicted molar refractivity (Wildman–Crippen MR) is 89.1 cm³/mol. The number of carbonyl (C=O) groups is 1. The average molecular weight is 342 g/mol. The number of amides is 1. The Hall–Kier alpha value is -2.44. The first-order valence-corrected chi connectivity index (χ1v) is 8.97. The van der Waals surface area contributed by atoms with Crippen LogP contribution in [-0.4, -0.2) is 39.1 Å². The van der Waals surface area contributed by atoms with Crippen molar-refractivity contribution >= 4 is 5.91 Å². The first-order valence-electron chi connectivity index (χ1n) is 8.97. The Bertz CT molecular complexity index is 739. The van der Waals surface area contributed by atoms with Crippen LogP contribution < -0.4 is 4.74 Å². The summed E-state index contributed by atoms with van der Waals surface area (Å²) in [6.45, 7) is 3.37. The summed E-state index contributed by atoms with van der Waals surface area (Å²) in [6, 6.07) is 3.42. The number of hydrogen-bond acceptors (Lipinski definition) is 6. The molecule has 3 heterocycles. The molecule has 0 radical (unpaired) electrons. The van der Waals surface area contributed by atoms with Gasteiger partial charge in [0.2, 0.25) is 11.8 Å². The summed E-state index contributed by atoms with van der Waals surface area (Å²) in [5.74, 6) is 2.41. The molecule has 1 aliphatic carbocycles. The van der Waals surface area contributed by atoms with Crippen molar-refractivity contribution in [1.29, 1.82) is 0 Å². The Morgan fingerprint density at radius 2 is 2.24 bits per heavy atom. The first kappa shape index (κ1) is 16.1. The maximum Gasteiger partial charge on any atom is 0.256 e. The smallest absolute Gasteiger partial charge is 0.256 e. The van der Waals surface area contributed by atoms with Crippen molar-refractivity contribution in [3.05, 3.63) is 35.6 Å². The number of aromatic nitrogens is 3. The minimum Gasteiger partial charge on any atom is -0.477 e. The van der Waals surface area contributed by atoms with Gasteiger partial charge in [-0.3, -0.25) is 4.79 Å². The van der Waals surface area contributed by atoms with Gasteiger partial charge in [0.1, 0.15) is 0 Å². The van der Waals surface area contributed by atoms with E-state index in [-0.39, 0.29) is 11.9 Å². The monoisotopic (exact) mass is 342 g/mol. The fraction of sp³-hybridized carbons (Fsp3) is 0.556. The summed E-state index contributed by atoms with van der Waals surface area (Å²) < 4.78 is 10.8. The molecule has 0 spiro atoms. The zero-order valence-corrected chi connectivity index (χ0v) is 14.4. The molecule has 1 amide bonds. The Morgan fingerprint density at radius 1 is 1.36 bits per heavy atom. The third-order valence-corrected chi connectivity index (χ3v) is 4.75. The number of aryl methyl sites for hydroxylation is 1. The molecule has 1 saturated carbocycles. The van der Waals surface area contributed by atoms with Crippen LogP contribution >= 0.6 is 0 Å². The lowest BCUT2D eigenvalue weighted by Crippen LogP contribution is -2.31. The molecule has 2 aliphatic rings. The zero-order valence-electron chi connectivity index (χ0n) is 14.4. The second-order valence-electron chi connectivity index (χ2n) is 6.70. The second kappa shape index (κ2) is 6.82. The van der Waals surface area contributed by atoms with Gasteiger partial charge in [0.25, 0.3) is 5.91 Å². The van der Waals surface area contributed by atoms with E-state index >= 15 is 0 Å². The van der Waals surface area contributed by atoms with Gasteiger partial charge in [-0.05, 0) is 37.7 Å². The number of hydrogen-bond donors (Lipinski definition) is 0. The molecule has 0 aromatic carbocycles. The highest BCUT2D eigenvalue weighted by atomic mass is 16.5. The van der Waals surface area contributed by atoms with Crippen LogP contribution in [0.25, 0.3) is 0 Å². The lowest BCUT2D eigenvalue weighted by molar-refractivity contribution is 0.0728. The van der Waals surface area contributed by atoms with Crippen molar-refractivity contribution in [3.63, 3.8) is 0 Å². The van der Waals surface area contributed by atoms with Crippen molar-refractivity contribution in [2.24, 2.45) is 5.92 Å². The molecule has 2 fully saturated rings. The average Bonchev–Trinajstić information content (AvgIpc) is 3.15. The molecule has 4 rings (SSSR count). The van der Waals surface area contributed by atoms with Crippen molar-refractivity contribution in [1.82, 2.24) is 20.0 Å². The largest absolute Gasteiger partial charge is 0.477 e. The van der Waals surface area contributed by atoms with E-state index in [1.165, 1.54) is 12.8 Å². The number of rotatable bonds is 6. The van der Waals surface area contributed by atoms with E-state index < -0.39 is 0 Å². The minimum atomic E-state index is -0.123. The van der Waals surface area contributed by atoms with E-state index in [1.54, 1.807) is 18.3 Å². The Labute approximate surface area is 146 Å². The normalized spacial score (nSPS) is 20.0. The van der Waals surface area contributed by atoms with Crippen LogP contribution in [-0.2, 0) is 6.42 Å². The summed E-state index contributed by atoms with van der Waals surface area (Å²) in [5.41, 5.74) is 0.560. The molecule has 0 bridgehead atoms. The van der Waals surface area contributed by atoms with Crippen molar-refractivity contribution in [3.8, 4) is 5.88 Å². The molecule has 1 saturated heterocycles. The van der Waals surface area contributed by atoms with Crippen LogP contribution in [0.15, 0.2) is 22.9 Å². The highest BCUT2D eigenvalue weighted by Crippen LogP contribution is 2.32. The van der Waals surface area contributed by atoms with Crippen LogP contribution in [0, 0.1) is 5.92 Å². The Kier molecular flexibility index (Phi) is 4.38. The quantitative estimate of drug-likeness (QED) is 0.803. The van der Waals surface area contributed by atoms with Crippen LogP contribution in [0.5, 0.6) is 5.88 Å². The fourth-order valence-corrected chi connectivity index (χ4v) is 3.07. The minimum absolute atomic E-state index is 0.0495. The van der Waals surface area contributed by atoms with Crippen molar-refractivity contribution < 1.29 is 14.1 Å². The predicted octanol–water partition coefficient (Wildman–Crippen LogP) is 2.79. The molecule has 7 nitrogen and oxygen atoms in total. The standard InChI is InChI=1S/C18H22N4O3/c1-2-15-20-17(21-25-15)14-4-3-9-22(14)18(23)13-7-8-16(19-10-13)24-11-12-5-6-12/h7-8,10,12,14H,2-6,9,11H2,1H3/t14-/m0/s1. The SMILES string of the molecule is CCc1nc([C@@H]2CCCN2C(=O)c2ccc(OCC3CC3)nc2)no1. The lowest BCUT2D eigenvalue weighted by atomic mass is 10.2.